The Kier molecular flexibility index (Phi) is 4.58. The lowest BCUT2D eigenvalue weighted by Crippen LogP contribution is -2.14. The van der Waals surface area contributed by atoms with Crippen LogP contribution in [0.3, 0.4) is 0 Å². The highest BCUT2D eigenvalue weighted by Crippen LogP contribution is 2.23. The summed E-state index contributed by atoms with van der Waals surface area (Å²) < 4.78 is 33.1. The fourth-order valence-electron chi connectivity index (χ4n) is 2.81. The molecule has 6 nitrogen and oxygen atoms in total. The van der Waals surface area contributed by atoms with Crippen LogP contribution in [0.5, 0.6) is 0 Å². The predicted molar refractivity (Wildman–Crippen MR) is 108 cm³/mol. The molecule has 0 fully saturated rings. The van der Waals surface area contributed by atoms with Crippen LogP contribution in [-0.4, -0.2) is 14.3 Å². The number of fused-ring (bicyclic) bond motifs is 1. The normalized spacial score (nSPS) is 11.3. The van der Waals surface area contributed by atoms with E-state index in [0.29, 0.717) is 11.4 Å². The monoisotopic (exact) mass is 392 g/mol. The molecule has 1 heterocycles. The van der Waals surface area contributed by atoms with Crippen LogP contribution in [0, 0.1) is 0 Å². The van der Waals surface area contributed by atoms with Gasteiger partial charge in [0.1, 0.15) is 0 Å². The summed E-state index contributed by atoms with van der Waals surface area (Å²) in [6.07, 6.45) is 1.41. The first-order valence-electron chi connectivity index (χ1n) is 8.48. The summed E-state index contributed by atoms with van der Waals surface area (Å²) in [6, 6.07) is 22.1. The summed E-state index contributed by atoms with van der Waals surface area (Å²) in [5.41, 5.74) is 0.783. The molecule has 7 heteroatoms. The van der Waals surface area contributed by atoms with Crippen molar-refractivity contribution in [2.45, 2.75) is 4.90 Å². The van der Waals surface area contributed by atoms with Crippen LogP contribution in [0.25, 0.3) is 10.8 Å². The van der Waals surface area contributed by atoms with Crippen molar-refractivity contribution < 1.29 is 17.6 Å². The van der Waals surface area contributed by atoms with Gasteiger partial charge in [0.25, 0.3) is 15.9 Å². The van der Waals surface area contributed by atoms with E-state index in [0.717, 1.165) is 10.8 Å². The molecular weight excluding hydrogens is 376 g/mol. The maximum absolute atomic E-state index is 12.8. The minimum atomic E-state index is -3.77. The Hall–Kier alpha value is -3.58. The first-order chi connectivity index (χ1) is 13.5. The number of nitrogens with one attached hydrogen (secondary N) is 2. The Morgan fingerprint density at radius 2 is 1.57 bits per heavy atom. The fraction of sp³-hybridized carbons (Fsp3) is 0. The largest absolute Gasteiger partial charge is 0.459 e. The van der Waals surface area contributed by atoms with Gasteiger partial charge in [0.15, 0.2) is 5.76 Å². The molecule has 4 rings (SSSR count). The van der Waals surface area contributed by atoms with Gasteiger partial charge in [0, 0.05) is 5.69 Å². The van der Waals surface area contributed by atoms with Crippen molar-refractivity contribution in [2.24, 2.45) is 0 Å². The standard InChI is InChI=1S/C21H16N2O4S/c24-21(20-9-4-12-27-20)22-17-7-3-8-18(14-17)23-28(25,26)19-11-10-15-5-1-2-6-16(15)13-19/h1-14,23H,(H,22,24). The zero-order valence-electron chi connectivity index (χ0n) is 14.6. The molecule has 0 aliphatic carbocycles. The van der Waals surface area contributed by atoms with Gasteiger partial charge in [-0.25, -0.2) is 8.42 Å². The molecule has 0 atom stereocenters. The zero-order valence-corrected chi connectivity index (χ0v) is 15.4. The Morgan fingerprint density at radius 1 is 0.786 bits per heavy atom. The zero-order chi connectivity index (χ0) is 19.6. The summed E-state index contributed by atoms with van der Waals surface area (Å²) in [6.45, 7) is 0. The number of carbonyl (C=O) groups is 1. The molecule has 0 saturated carbocycles. The average molecular weight is 392 g/mol. The average Bonchev–Trinajstić information content (AvgIpc) is 3.22. The van der Waals surface area contributed by atoms with E-state index in [9.17, 15) is 13.2 Å². The number of benzene rings is 3. The maximum atomic E-state index is 12.8. The molecule has 0 spiro atoms. The van der Waals surface area contributed by atoms with E-state index in [-0.39, 0.29) is 10.7 Å². The lowest BCUT2D eigenvalue weighted by Gasteiger charge is -2.11. The summed E-state index contributed by atoms with van der Waals surface area (Å²) in [7, 11) is -3.77. The van der Waals surface area contributed by atoms with E-state index in [1.807, 2.05) is 24.3 Å². The van der Waals surface area contributed by atoms with Crippen LogP contribution in [0.4, 0.5) is 11.4 Å². The van der Waals surface area contributed by atoms with E-state index < -0.39 is 15.9 Å². The summed E-state index contributed by atoms with van der Waals surface area (Å²) in [4.78, 5) is 12.2. The van der Waals surface area contributed by atoms with Crippen molar-refractivity contribution in [3.05, 3.63) is 90.9 Å². The number of sulfonamides is 1. The summed E-state index contributed by atoms with van der Waals surface area (Å²) in [5, 5.41) is 4.47. The van der Waals surface area contributed by atoms with Crippen LogP contribution in [0.1, 0.15) is 10.6 Å². The number of hydrogen-bond donors (Lipinski definition) is 2. The third-order valence-corrected chi connectivity index (χ3v) is 5.53. The Balaban J connectivity index is 1.56. The van der Waals surface area contributed by atoms with Crippen molar-refractivity contribution in [1.82, 2.24) is 0 Å². The second kappa shape index (κ2) is 7.21. The fourth-order valence-corrected chi connectivity index (χ4v) is 3.89. The van der Waals surface area contributed by atoms with Gasteiger partial charge in [-0.1, -0.05) is 36.4 Å². The molecule has 4 aromatic rings. The van der Waals surface area contributed by atoms with Crippen molar-refractivity contribution in [3.8, 4) is 0 Å². The van der Waals surface area contributed by atoms with Crippen LogP contribution in [0.2, 0.25) is 0 Å². The minimum Gasteiger partial charge on any atom is -0.459 e. The molecule has 140 valence electrons. The smallest absolute Gasteiger partial charge is 0.291 e. The van der Waals surface area contributed by atoms with Crippen LogP contribution in [-0.2, 0) is 10.0 Å². The van der Waals surface area contributed by atoms with Gasteiger partial charge in [-0.05, 0) is 53.2 Å². The quantitative estimate of drug-likeness (QED) is 0.524. The SMILES string of the molecule is O=C(Nc1cccc(NS(=O)(=O)c2ccc3ccccc3c2)c1)c1ccco1. The lowest BCUT2D eigenvalue weighted by molar-refractivity contribution is 0.0996. The highest BCUT2D eigenvalue weighted by atomic mass is 32.2. The number of carbonyl (C=O) groups excluding carboxylic acids is 1. The molecule has 0 bridgehead atoms. The van der Waals surface area contributed by atoms with Gasteiger partial charge in [0.05, 0.1) is 16.8 Å². The van der Waals surface area contributed by atoms with Crippen LogP contribution in [0.15, 0.2) is 94.4 Å². The van der Waals surface area contributed by atoms with Crippen molar-refractivity contribution in [3.63, 3.8) is 0 Å². The van der Waals surface area contributed by atoms with E-state index in [2.05, 4.69) is 10.0 Å². The van der Waals surface area contributed by atoms with Gasteiger partial charge < -0.3 is 9.73 Å². The first-order valence-corrected chi connectivity index (χ1v) is 9.96. The predicted octanol–water partition coefficient (Wildman–Crippen LogP) is 4.49. The second-order valence-corrected chi connectivity index (χ2v) is 7.81. The van der Waals surface area contributed by atoms with E-state index >= 15 is 0 Å². The van der Waals surface area contributed by atoms with Gasteiger partial charge in [0.2, 0.25) is 0 Å². The minimum absolute atomic E-state index is 0.163. The topological polar surface area (TPSA) is 88.4 Å². The highest BCUT2D eigenvalue weighted by molar-refractivity contribution is 7.92. The summed E-state index contributed by atoms with van der Waals surface area (Å²) >= 11 is 0. The number of hydrogen-bond acceptors (Lipinski definition) is 4. The van der Waals surface area contributed by atoms with E-state index in [4.69, 9.17) is 4.42 Å². The van der Waals surface area contributed by atoms with E-state index in [1.165, 1.54) is 6.26 Å². The van der Waals surface area contributed by atoms with E-state index in [1.54, 1.807) is 54.6 Å². The Morgan fingerprint density at radius 3 is 2.36 bits per heavy atom. The third-order valence-electron chi connectivity index (χ3n) is 4.15. The Bertz CT molecular complexity index is 1250. The van der Waals surface area contributed by atoms with Gasteiger partial charge in [-0.3, -0.25) is 9.52 Å². The highest BCUT2D eigenvalue weighted by Gasteiger charge is 2.15. The number of anilines is 2. The van der Waals surface area contributed by atoms with Gasteiger partial charge >= 0.3 is 0 Å². The van der Waals surface area contributed by atoms with Crippen LogP contribution < -0.4 is 10.0 Å². The number of rotatable bonds is 5. The van der Waals surface area contributed by atoms with Gasteiger partial charge in [-0.2, -0.15) is 0 Å². The molecule has 0 saturated heterocycles. The molecule has 0 radical (unpaired) electrons. The molecule has 1 aromatic heterocycles. The van der Waals surface area contributed by atoms with Crippen molar-refractivity contribution in [2.75, 3.05) is 10.0 Å². The lowest BCUT2D eigenvalue weighted by atomic mass is 10.1. The van der Waals surface area contributed by atoms with Crippen LogP contribution >= 0.6 is 0 Å². The first kappa shape index (κ1) is 17.8. The van der Waals surface area contributed by atoms with Gasteiger partial charge in [-0.15, -0.1) is 0 Å². The maximum Gasteiger partial charge on any atom is 0.291 e. The molecular formula is C21H16N2O4S. The molecule has 28 heavy (non-hydrogen) atoms. The molecule has 0 aliphatic heterocycles. The number of amides is 1. The number of furan rings is 1. The molecule has 2 N–H and O–H groups in total. The molecule has 1 amide bonds. The third kappa shape index (κ3) is 3.74. The molecule has 0 aliphatic rings. The summed E-state index contributed by atoms with van der Waals surface area (Å²) in [5.74, 6) is -0.248. The second-order valence-electron chi connectivity index (χ2n) is 6.13. The molecule has 0 unspecified atom stereocenters. The Labute approximate surface area is 161 Å². The molecule has 3 aromatic carbocycles. The van der Waals surface area contributed by atoms with Crippen molar-refractivity contribution in [1.29, 1.82) is 0 Å². The van der Waals surface area contributed by atoms with Crippen molar-refractivity contribution >= 4 is 38.1 Å².